The normalized spacial score (nSPS) is 20.0. The van der Waals surface area contributed by atoms with Crippen LogP contribution in [-0.4, -0.2) is 38.9 Å². The van der Waals surface area contributed by atoms with Gasteiger partial charge in [0.2, 0.25) is 15.9 Å². The molecule has 0 spiro atoms. The highest BCUT2D eigenvalue weighted by Gasteiger charge is 2.33. The van der Waals surface area contributed by atoms with Gasteiger partial charge in [-0.2, -0.15) is 4.72 Å². The van der Waals surface area contributed by atoms with Crippen molar-refractivity contribution in [2.24, 2.45) is 0 Å². The zero-order valence-electron chi connectivity index (χ0n) is 10.3. The molecule has 3 N–H and O–H groups in total. The van der Waals surface area contributed by atoms with E-state index in [-0.39, 0.29) is 15.8 Å². The van der Waals surface area contributed by atoms with Crippen LogP contribution in [-0.2, 0) is 14.8 Å². The van der Waals surface area contributed by atoms with Crippen molar-refractivity contribution in [2.45, 2.75) is 17.4 Å². The number of nitrogen functional groups attached to an aromatic ring is 1. The second kappa shape index (κ2) is 4.99. The maximum atomic E-state index is 12.2. The molecule has 1 saturated heterocycles. The minimum atomic E-state index is -3.83. The minimum absolute atomic E-state index is 0.0336. The summed E-state index contributed by atoms with van der Waals surface area (Å²) in [7, 11) is -2.20. The number of sulfonamides is 1. The third-order valence-electron chi connectivity index (χ3n) is 2.97. The van der Waals surface area contributed by atoms with E-state index < -0.39 is 16.1 Å². The van der Waals surface area contributed by atoms with Crippen LogP contribution in [0.2, 0.25) is 5.02 Å². The van der Waals surface area contributed by atoms with Crippen LogP contribution in [0, 0.1) is 0 Å². The Morgan fingerprint density at radius 1 is 1.47 bits per heavy atom. The molecule has 0 aliphatic carbocycles. The van der Waals surface area contributed by atoms with Gasteiger partial charge in [0, 0.05) is 19.3 Å². The number of benzene rings is 1. The van der Waals surface area contributed by atoms with Gasteiger partial charge in [-0.15, -0.1) is 0 Å². The molecule has 0 saturated carbocycles. The number of carbonyl (C=O) groups excluding carboxylic acids is 1. The summed E-state index contributed by atoms with van der Waals surface area (Å²) in [5, 5.41) is 0.0336. The molecule has 1 atom stereocenters. The van der Waals surface area contributed by atoms with Crippen LogP contribution in [0.5, 0.6) is 0 Å². The fourth-order valence-electron chi connectivity index (χ4n) is 1.92. The van der Waals surface area contributed by atoms with Crippen LogP contribution >= 0.6 is 11.6 Å². The van der Waals surface area contributed by atoms with E-state index in [9.17, 15) is 13.2 Å². The highest BCUT2D eigenvalue weighted by molar-refractivity contribution is 7.89. The summed E-state index contributed by atoms with van der Waals surface area (Å²) in [5.74, 6) is -0.241. The van der Waals surface area contributed by atoms with Gasteiger partial charge in [-0.25, -0.2) is 8.42 Å². The van der Waals surface area contributed by atoms with Gasteiger partial charge >= 0.3 is 0 Å². The fourth-order valence-corrected chi connectivity index (χ4v) is 3.69. The number of hydrogen-bond acceptors (Lipinski definition) is 4. The van der Waals surface area contributed by atoms with Crippen LogP contribution in [0.1, 0.15) is 6.42 Å². The van der Waals surface area contributed by atoms with Gasteiger partial charge in [0.1, 0.15) is 10.9 Å². The van der Waals surface area contributed by atoms with E-state index in [0.29, 0.717) is 18.7 Å². The molecule has 1 amide bonds. The molecule has 1 fully saturated rings. The molecule has 0 aromatic heterocycles. The van der Waals surface area contributed by atoms with Crippen molar-refractivity contribution in [3.05, 3.63) is 23.2 Å². The lowest BCUT2D eigenvalue weighted by Gasteiger charge is -2.13. The molecule has 1 heterocycles. The number of halogens is 1. The summed E-state index contributed by atoms with van der Waals surface area (Å²) < 4.78 is 26.7. The minimum Gasteiger partial charge on any atom is -0.399 e. The maximum Gasteiger partial charge on any atom is 0.242 e. The molecule has 0 radical (unpaired) electrons. The predicted molar refractivity (Wildman–Crippen MR) is 72.2 cm³/mol. The van der Waals surface area contributed by atoms with Crippen LogP contribution in [0.25, 0.3) is 0 Å². The van der Waals surface area contributed by atoms with Crippen LogP contribution in [0.4, 0.5) is 5.69 Å². The number of rotatable bonds is 3. The van der Waals surface area contributed by atoms with E-state index in [4.69, 9.17) is 17.3 Å². The molecule has 1 aliphatic rings. The number of carbonyl (C=O) groups is 1. The first-order valence-electron chi connectivity index (χ1n) is 5.63. The SMILES string of the molecule is CN1CCC(NS(=O)(=O)c2ccc(N)cc2Cl)C1=O. The number of nitrogens with two attached hydrogens (primary N) is 1. The Labute approximate surface area is 116 Å². The molecule has 6 nitrogen and oxygen atoms in total. The van der Waals surface area contributed by atoms with Crippen molar-refractivity contribution in [1.29, 1.82) is 0 Å². The largest absolute Gasteiger partial charge is 0.399 e. The summed E-state index contributed by atoms with van der Waals surface area (Å²) in [5.41, 5.74) is 5.89. The summed E-state index contributed by atoms with van der Waals surface area (Å²) in [4.78, 5) is 13.1. The molecule has 104 valence electrons. The van der Waals surface area contributed by atoms with Gasteiger partial charge in [-0.3, -0.25) is 4.79 Å². The lowest BCUT2D eigenvalue weighted by Crippen LogP contribution is -2.40. The van der Waals surface area contributed by atoms with Gasteiger partial charge in [0.05, 0.1) is 5.02 Å². The second-order valence-corrected chi connectivity index (χ2v) is 6.50. The highest BCUT2D eigenvalue weighted by atomic mass is 35.5. The van der Waals surface area contributed by atoms with Gasteiger partial charge in [-0.05, 0) is 24.6 Å². The van der Waals surface area contributed by atoms with E-state index in [1.165, 1.54) is 23.1 Å². The quantitative estimate of drug-likeness (QED) is 0.792. The Morgan fingerprint density at radius 3 is 2.68 bits per heavy atom. The van der Waals surface area contributed by atoms with Crippen LogP contribution in [0.15, 0.2) is 23.1 Å². The molecule has 1 aromatic carbocycles. The van der Waals surface area contributed by atoms with Crippen molar-refractivity contribution in [3.63, 3.8) is 0 Å². The van der Waals surface area contributed by atoms with E-state index in [2.05, 4.69) is 4.72 Å². The van der Waals surface area contributed by atoms with Crippen LogP contribution in [0.3, 0.4) is 0 Å². The fraction of sp³-hybridized carbons (Fsp3) is 0.364. The first-order chi connectivity index (χ1) is 8.81. The number of likely N-dealkylation sites (N-methyl/N-ethyl adjacent to an activating group) is 1. The van der Waals surface area contributed by atoms with Gasteiger partial charge < -0.3 is 10.6 Å². The number of amides is 1. The molecule has 0 bridgehead atoms. The summed E-state index contributed by atoms with van der Waals surface area (Å²) in [6, 6.07) is 3.40. The maximum absolute atomic E-state index is 12.2. The molecule has 19 heavy (non-hydrogen) atoms. The summed E-state index contributed by atoms with van der Waals surface area (Å²) in [6.07, 6.45) is 0.446. The Morgan fingerprint density at radius 2 is 2.16 bits per heavy atom. The average molecular weight is 304 g/mol. The lowest BCUT2D eigenvalue weighted by molar-refractivity contribution is -0.127. The van der Waals surface area contributed by atoms with E-state index in [0.717, 1.165) is 0 Å². The molecule has 1 unspecified atom stereocenters. The van der Waals surface area contributed by atoms with E-state index >= 15 is 0 Å². The highest BCUT2D eigenvalue weighted by Crippen LogP contribution is 2.24. The number of likely N-dealkylation sites (tertiary alicyclic amines) is 1. The Kier molecular flexibility index (Phi) is 3.71. The van der Waals surface area contributed by atoms with Gasteiger partial charge in [0.15, 0.2) is 0 Å². The third kappa shape index (κ3) is 2.83. The molecular weight excluding hydrogens is 290 g/mol. The summed E-state index contributed by atoms with van der Waals surface area (Å²) >= 11 is 5.87. The second-order valence-electron chi connectivity index (χ2n) is 4.41. The van der Waals surface area contributed by atoms with Crippen molar-refractivity contribution in [2.75, 3.05) is 19.3 Å². The average Bonchev–Trinajstić information content (AvgIpc) is 2.60. The predicted octanol–water partition coefficient (Wildman–Crippen LogP) is 0.431. The number of anilines is 1. The van der Waals surface area contributed by atoms with Gasteiger partial charge in [0.25, 0.3) is 0 Å². The van der Waals surface area contributed by atoms with Crippen molar-refractivity contribution in [1.82, 2.24) is 9.62 Å². The van der Waals surface area contributed by atoms with E-state index in [1.54, 1.807) is 7.05 Å². The van der Waals surface area contributed by atoms with Crippen molar-refractivity contribution in [3.8, 4) is 0 Å². The van der Waals surface area contributed by atoms with E-state index in [1.807, 2.05) is 0 Å². The Hall–Kier alpha value is -1.31. The topological polar surface area (TPSA) is 92.5 Å². The Balaban J connectivity index is 2.26. The standard InChI is InChI=1S/C11H14ClN3O3S/c1-15-5-4-9(11(15)16)14-19(17,18)10-3-2-7(13)6-8(10)12/h2-3,6,9,14H,4-5,13H2,1H3. The van der Waals surface area contributed by atoms with Crippen molar-refractivity contribution < 1.29 is 13.2 Å². The summed E-state index contributed by atoms with van der Waals surface area (Å²) in [6.45, 7) is 0.529. The van der Waals surface area contributed by atoms with Crippen molar-refractivity contribution >= 4 is 33.2 Å². The monoisotopic (exact) mass is 303 g/mol. The number of nitrogens with one attached hydrogen (secondary N) is 1. The first kappa shape index (κ1) is 14.1. The lowest BCUT2D eigenvalue weighted by atomic mass is 10.3. The van der Waals surface area contributed by atoms with Gasteiger partial charge in [-0.1, -0.05) is 11.6 Å². The zero-order chi connectivity index (χ0) is 14.2. The molecule has 1 aliphatic heterocycles. The van der Waals surface area contributed by atoms with Crippen LogP contribution < -0.4 is 10.5 Å². The molecule has 1 aromatic rings. The number of nitrogens with zero attached hydrogens (tertiary/aromatic N) is 1. The first-order valence-corrected chi connectivity index (χ1v) is 7.50. The zero-order valence-corrected chi connectivity index (χ0v) is 11.8. The Bertz CT molecular complexity index is 618. The number of hydrogen-bond donors (Lipinski definition) is 2. The molecule has 8 heteroatoms. The third-order valence-corrected chi connectivity index (χ3v) is 4.92. The molecule has 2 rings (SSSR count). The smallest absolute Gasteiger partial charge is 0.242 e. The molecular formula is C11H14ClN3O3S.